The molecule has 2 amide bonds. The van der Waals surface area contributed by atoms with Crippen LogP contribution >= 0.6 is 0 Å². The van der Waals surface area contributed by atoms with Crippen molar-refractivity contribution in [2.24, 2.45) is 4.99 Å². The van der Waals surface area contributed by atoms with Gasteiger partial charge in [0.05, 0.1) is 32.7 Å². The second kappa shape index (κ2) is 14.0. The molecule has 53 heavy (non-hydrogen) atoms. The molecule has 4 aliphatic rings. The van der Waals surface area contributed by atoms with E-state index in [0.29, 0.717) is 70.0 Å². The maximum Gasteiger partial charge on any atom is 0.333 e. The van der Waals surface area contributed by atoms with Crippen molar-refractivity contribution in [3.05, 3.63) is 46.1 Å². The van der Waals surface area contributed by atoms with Crippen molar-refractivity contribution in [2.45, 2.75) is 109 Å². The van der Waals surface area contributed by atoms with E-state index in [9.17, 15) is 40.3 Å². The van der Waals surface area contributed by atoms with Gasteiger partial charge in [-0.25, -0.2) is 31.2 Å². The Morgan fingerprint density at radius 2 is 1.57 bits per heavy atom. The largest absolute Gasteiger partial charge is 0.748 e. The highest BCUT2D eigenvalue weighted by molar-refractivity contribution is 7.85. The van der Waals surface area contributed by atoms with Crippen LogP contribution in [0.1, 0.15) is 109 Å². The number of unbranched alkanes of at least 4 members (excludes halogenated alkanes) is 1. The van der Waals surface area contributed by atoms with Crippen LogP contribution in [0, 0.1) is 0 Å². The molecule has 4 heterocycles. The van der Waals surface area contributed by atoms with Gasteiger partial charge in [-0.1, -0.05) is 13.3 Å². The van der Waals surface area contributed by atoms with Gasteiger partial charge in [0, 0.05) is 78.4 Å². The summed E-state index contributed by atoms with van der Waals surface area (Å²) in [6.07, 6.45) is 2.70. The van der Waals surface area contributed by atoms with Crippen molar-refractivity contribution < 1.29 is 49.9 Å². The number of hydrogen-bond acceptors (Lipinski definition) is 13. The van der Waals surface area contributed by atoms with Crippen LogP contribution in [0.4, 0.5) is 11.4 Å². The van der Waals surface area contributed by atoms with Gasteiger partial charge in [0.25, 0.3) is 11.8 Å². The Labute approximate surface area is 309 Å². The molecule has 0 bridgehead atoms. The molecule has 0 spiro atoms. The minimum absolute atomic E-state index is 0.0158. The van der Waals surface area contributed by atoms with E-state index in [-0.39, 0.29) is 25.7 Å². The van der Waals surface area contributed by atoms with E-state index in [1.807, 2.05) is 38.3 Å². The highest BCUT2D eigenvalue weighted by atomic mass is 32.2. The van der Waals surface area contributed by atoms with Crippen LogP contribution in [0.15, 0.2) is 29.3 Å². The third-order valence-electron chi connectivity index (χ3n) is 10.6. The Hall–Kier alpha value is -3.93. The fourth-order valence-corrected chi connectivity index (χ4v) is 9.87. The van der Waals surface area contributed by atoms with Gasteiger partial charge in [-0.05, 0) is 58.2 Å². The van der Waals surface area contributed by atoms with Gasteiger partial charge in [0.2, 0.25) is 5.36 Å². The van der Waals surface area contributed by atoms with Crippen molar-refractivity contribution in [3.63, 3.8) is 0 Å². The van der Waals surface area contributed by atoms with Crippen LogP contribution in [0.3, 0.4) is 0 Å². The number of carbonyl (C=O) groups excluding carboxylic acids is 3. The van der Waals surface area contributed by atoms with Gasteiger partial charge in [-0.3, -0.25) is 9.59 Å². The molecule has 0 aliphatic carbocycles. The van der Waals surface area contributed by atoms with E-state index < -0.39 is 72.4 Å². The molecule has 4 aliphatic heterocycles. The number of fused-ring (bicyclic) bond motifs is 4. The van der Waals surface area contributed by atoms with Crippen molar-refractivity contribution in [1.82, 2.24) is 9.64 Å². The molecule has 2 aromatic rings. The lowest BCUT2D eigenvalue weighted by molar-refractivity contribution is -0.197. The third-order valence-corrected chi connectivity index (χ3v) is 12.2. The Morgan fingerprint density at radius 1 is 0.925 bits per heavy atom. The van der Waals surface area contributed by atoms with Gasteiger partial charge in [-0.15, -0.1) is 5.06 Å². The summed E-state index contributed by atoms with van der Waals surface area (Å²) in [4.78, 5) is 48.6. The monoisotopic (exact) mass is 773 g/mol. The van der Waals surface area contributed by atoms with Crippen LogP contribution in [0.2, 0.25) is 0 Å². The highest BCUT2D eigenvalue weighted by Gasteiger charge is 2.43. The summed E-state index contributed by atoms with van der Waals surface area (Å²) in [5.74, 6) is -3.52. The van der Waals surface area contributed by atoms with Gasteiger partial charge in [-0.2, -0.15) is 0 Å². The Balaban J connectivity index is 1.42. The zero-order valence-electron chi connectivity index (χ0n) is 30.5. The van der Waals surface area contributed by atoms with Gasteiger partial charge in [0.15, 0.2) is 17.0 Å². The first kappa shape index (κ1) is 38.8. The van der Waals surface area contributed by atoms with Crippen molar-refractivity contribution in [1.29, 1.82) is 0 Å². The maximum absolute atomic E-state index is 12.6. The summed E-state index contributed by atoms with van der Waals surface area (Å²) in [6, 6.07) is 7.08. The number of hydrogen-bond donors (Lipinski definition) is 0. The molecular weight excluding hydrogens is 729 g/mol. The Kier molecular flexibility index (Phi) is 10.3. The van der Waals surface area contributed by atoms with E-state index in [1.54, 1.807) is 18.2 Å². The molecule has 17 heteroatoms. The normalized spacial score (nSPS) is 21.6. The summed E-state index contributed by atoms with van der Waals surface area (Å²) in [5, 5.41) is 1.50. The quantitative estimate of drug-likeness (QED) is 0.148. The van der Waals surface area contributed by atoms with Crippen molar-refractivity contribution in [2.75, 3.05) is 29.5 Å². The summed E-state index contributed by atoms with van der Waals surface area (Å²) >= 11 is 0. The first-order valence-corrected chi connectivity index (χ1v) is 21.1. The molecule has 2 unspecified atom stereocenters. The Bertz CT molecular complexity index is 2200. The number of rotatable bonds is 12. The molecule has 2 aromatic carbocycles. The molecule has 0 radical (unpaired) electrons. The molecule has 1 saturated heterocycles. The smallest absolute Gasteiger partial charge is 0.333 e. The first-order chi connectivity index (χ1) is 24.7. The highest BCUT2D eigenvalue weighted by Crippen LogP contribution is 2.49. The molecule has 1 fully saturated rings. The summed E-state index contributed by atoms with van der Waals surface area (Å²) in [6.45, 7) is 11.0. The Morgan fingerprint density at radius 3 is 2.19 bits per heavy atom. The predicted molar refractivity (Wildman–Crippen MR) is 190 cm³/mol. The lowest BCUT2D eigenvalue weighted by Gasteiger charge is -2.48. The average Bonchev–Trinajstić information content (AvgIpc) is 3.34. The zero-order chi connectivity index (χ0) is 38.7. The SMILES string of the molecule is CCCCN1c2cc3c(cc2C(CS(=O)(=O)[O-])CC1(C)C)N=c1cc2c(cc1O3)=[N+](CCCC(=O)ON1C(=O)CCC1=O)C(C)(C)CC2CS(=O)(=O)[O-]. The zero-order valence-corrected chi connectivity index (χ0v) is 32.2. The average molecular weight is 774 g/mol. The third kappa shape index (κ3) is 8.27. The van der Waals surface area contributed by atoms with Crippen molar-refractivity contribution in [3.8, 4) is 11.5 Å². The molecule has 288 valence electrons. The van der Waals surface area contributed by atoms with Gasteiger partial charge in [0.1, 0.15) is 17.6 Å². The second-order valence-electron chi connectivity index (χ2n) is 15.7. The lowest BCUT2D eigenvalue weighted by atomic mass is 9.79. The second-order valence-corrected chi connectivity index (χ2v) is 18.5. The van der Waals surface area contributed by atoms with Crippen LogP contribution in [0.25, 0.3) is 0 Å². The van der Waals surface area contributed by atoms with E-state index in [4.69, 9.17) is 14.6 Å². The number of amides is 2. The number of anilines is 1. The topological polar surface area (TPSA) is 206 Å². The van der Waals surface area contributed by atoms with E-state index >= 15 is 0 Å². The number of carbonyl (C=O) groups is 3. The number of imide groups is 1. The minimum atomic E-state index is -4.64. The number of hydroxylamine groups is 2. The molecular formula is C36H45N4O11S2-. The van der Waals surface area contributed by atoms with Gasteiger partial charge >= 0.3 is 5.97 Å². The summed E-state index contributed by atoms with van der Waals surface area (Å²) in [7, 11) is -9.19. The first-order valence-electron chi connectivity index (χ1n) is 17.9. The number of benzene rings is 2. The van der Waals surface area contributed by atoms with E-state index in [0.717, 1.165) is 18.5 Å². The fourth-order valence-electron chi connectivity index (χ4n) is 8.29. The number of nitrogens with zero attached hydrogens (tertiary/aromatic N) is 4. The van der Waals surface area contributed by atoms with Crippen LogP contribution in [-0.2, 0) is 39.5 Å². The van der Waals surface area contributed by atoms with Gasteiger partial charge < -0.3 is 23.6 Å². The fraction of sp³-hybridized carbons (Fsp3) is 0.583. The van der Waals surface area contributed by atoms with Crippen LogP contribution in [0.5, 0.6) is 11.5 Å². The van der Waals surface area contributed by atoms with Crippen molar-refractivity contribution >= 4 is 49.4 Å². The minimum Gasteiger partial charge on any atom is -0.748 e. The molecule has 15 nitrogen and oxygen atoms in total. The number of ether oxygens (including phenoxy) is 1. The molecule has 0 N–H and O–H groups in total. The summed E-state index contributed by atoms with van der Waals surface area (Å²) in [5.41, 5.74) is 1.32. The van der Waals surface area contributed by atoms with Crippen LogP contribution < -0.4 is 24.9 Å². The molecule has 6 rings (SSSR count). The molecule has 0 saturated carbocycles. The van der Waals surface area contributed by atoms with Crippen LogP contribution in [-0.4, -0.2) is 84.5 Å². The lowest BCUT2D eigenvalue weighted by Crippen LogP contribution is -2.54. The van der Waals surface area contributed by atoms with E-state index in [1.165, 1.54) is 0 Å². The summed E-state index contributed by atoms with van der Waals surface area (Å²) < 4.78 is 80.9. The predicted octanol–water partition coefficient (Wildman–Crippen LogP) is 2.85. The molecule has 2 atom stereocenters. The van der Waals surface area contributed by atoms with E-state index in [2.05, 4.69) is 11.8 Å². The molecule has 0 aromatic heterocycles. The standard InChI is InChI=1S/C36H46N4O11S2/c1-6-7-12-38-28-16-30-26(14-24(28)22(18-35(38,2)3)20-52(44,45)46)37-27-15-25-23(21-53(47,48)49)19-36(4,5)39(29(25)17-31(27)50-30)13-8-9-34(43)51-40-32(41)10-11-33(40)42/h14-17,22-23H,6-13,18-21H2,1-5H3,(H-,44,45,46,47,48,49)/p-1. The maximum atomic E-state index is 12.6.